The summed E-state index contributed by atoms with van der Waals surface area (Å²) in [7, 11) is 0. The van der Waals surface area contributed by atoms with Crippen LogP contribution < -0.4 is 0 Å². The first-order valence-corrected chi connectivity index (χ1v) is 4.78. The van der Waals surface area contributed by atoms with Crippen LogP contribution in [0.4, 0.5) is 4.39 Å². The van der Waals surface area contributed by atoms with Gasteiger partial charge in [-0.25, -0.2) is 13.9 Å². The Labute approximate surface area is 95.7 Å². The average Bonchev–Trinajstić information content (AvgIpc) is 2.60. The molecule has 0 aliphatic carbocycles. The van der Waals surface area contributed by atoms with Crippen molar-refractivity contribution >= 4 is 5.97 Å². The lowest BCUT2D eigenvalue weighted by atomic mass is 10.2. The average molecular weight is 236 g/mol. The van der Waals surface area contributed by atoms with Gasteiger partial charge in [-0.15, -0.1) is 0 Å². The summed E-state index contributed by atoms with van der Waals surface area (Å²) in [4.78, 5) is 10.7. The van der Waals surface area contributed by atoms with Gasteiger partial charge in [-0.3, -0.25) is 0 Å². The lowest BCUT2D eigenvalue weighted by Gasteiger charge is -2.05. The molecule has 1 aromatic carbocycles. The Bertz CT molecular complexity index is 572. The number of halogens is 1. The molecule has 0 fully saturated rings. The number of aromatic nitrogens is 2. The van der Waals surface area contributed by atoms with Crippen LogP contribution in [0.25, 0.3) is 5.69 Å². The first-order chi connectivity index (χ1) is 8.00. The maximum atomic E-state index is 13.6. The quantitative estimate of drug-likeness (QED) is 0.832. The van der Waals surface area contributed by atoms with Gasteiger partial charge in [-0.05, 0) is 18.6 Å². The number of aromatic carboxylic acids is 1. The fourth-order valence-electron chi connectivity index (χ4n) is 1.54. The number of benzene rings is 1. The second kappa shape index (κ2) is 3.89. The molecule has 0 amide bonds. The standard InChI is InChI=1S/C11H9FN2O3/c1-6-3-2-4-7(12)10(6)14-5-8(15)9(13-14)11(16)17/h2-5,15H,1H3,(H,16,17). The topological polar surface area (TPSA) is 75.4 Å². The molecular weight excluding hydrogens is 227 g/mol. The predicted octanol–water partition coefficient (Wildman–Crippen LogP) is 1.72. The fourth-order valence-corrected chi connectivity index (χ4v) is 1.54. The zero-order valence-electron chi connectivity index (χ0n) is 8.88. The van der Waals surface area contributed by atoms with Crippen molar-refractivity contribution < 1.29 is 19.4 Å². The van der Waals surface area contributed by atoms with E-state index in [9.17, 15) is 14.3 Å². The summed E-state index contributed by atoms with van der Waals surface area (Å²) in [5.41, 5.74) is 0.201. The molecule has 0 saturated carbocycles. The number of para-hydroxylation sites is 1. The molecule has 5 nitrogen and oxygen atoms in total. The van der Waals surface area contributed by atoms with Crippen LogP contribution in [0.1, 0.15) is 16.1 Å². The summed E-state index contributed by atoms with van der Waals surface area (Å²) in [6.45, 7) is 1.66. The van der Waals surface area contributed by atoms with Crippen LogP contribution in [0.15, 0.2) is 24.4 Å². The van der Waals surface area contributed by atoms with Gasteiger partial charge in [0.1, 0.15) is 11.5 Å². The van der Waals surface area contributed by atoms with E-state index in [0.29, 0.717) is 5.56 Å². The molecule has 0 saturated heterocycles. The van der Waals surface area contributed by atoms with E-state index in [1.54, 1.807) is 13.0 Å². The highest BCUT2D eigenvalue weighted by atomic mass is 19.1. The molecule has 0 atom stereocenters. The highest BCUT2D eigenvalue weighted by Gasteiger charge is 2.18. The molecule has 0 spiro atoms. The largest absolute Gasteiger partial charge is 0.504 e. The van der Waals surface area contributed by atoms with Gasteiger partial charge in [-0.1, -0.05) is 12.1 Å². The number of aromatic hydroxyl groups is 1. The van der Waals surface area contributed by atoms with Crippen molar-refractivity contribution in [3.05, 3.63) is 41.5 Å². The lowest BCUT2D eigenvalue weighted by molar-refractivity contribution is 0.0687. The lowest BCUT2D eigenvalue weighted by Crippen LogP contribution is -2.04. The number of carbonyl (C=O) groups is 1. The fraction of sp³-hybridized carbons (Fsp3) is 0.0909. The highest BCUT2D eigenvalue weighted by molar-refractivity contribution is 5.88. The van der Waals surface area contributed by atoms with Crippen molar-refractivity contribution in [2.24, 2.45) is 0 Å². The van der Waals surface area contributed by atoms with Crippen molar-refractivity contribution in [2.75, 3.05) is 0 Å². The first-order valence-electron chi connectivity index (χ1n) is 4.78. The Morgan fingerprint density at radius 3 is 2.71 bits per heavy atom. The molecule has 0 aliphatic heterocycles. The van der Waals surface area contributed by atoms with E-state index in [4.69, 9.17) is 5.11 Å². The summed E-state index contributed by atoms with van der Waals surface area (Å²) in [5, 5.41) is 21.7. The van der Waals surface area contributed by atoms with E-state index in [2.05, 4.69) is 5.10 Å². The van der Waals surface area contributed by atoms with Crippen LogP contribution in [0.5, 0.6) is 5.75 Å². The van der Waals surface area contributed by atoms with Crippen molar-refractivity contribution in [1.82, 2.24) is 9.78 Å². The van der Waals surface area contributed by atoms with Crippen molar-refractivity contribution in [3.63, 3.8) is 0 Å². The van der Waals surface area contributed by atoms with E-state index < -0.39 is 23.2 Å². The number of hydrogen-bond acceptors (Lipinski definition) is 3. The van der Waals surface area contributed by atoms with Gasteiger partial charge >= 0.3 is 5.97 Å². The van der Waals surface area contributed by atoms with E-state index in [0.717, 1.165) is 10.9 Å². The second-order valence-electron chi connectivity index (χ2n) is 3.52. The van der Waals surface area contributed by atoms with Crippen LogP contribution in [0.3, 0.4) is 0 Å². The van der Waals surface area contributed by atoms with Gasteiger partial charge in [0.25, 0.3) is 0 Å². The maximum absolute atomic E-state index is 13.6. The summed E-state index contributed by atoms with van der Waals surface area (Å²) in [6, 6.07) is 4.44. The third-order valence-corrected chi connectivity index (χ3v) is 2.32. The summed E-state index contributed by atoms with van der Waals surface area (Å²) < 4.78 is 14.6. The highest BCUT2D eigenvalue weighted by Crippen LogP contribution is 2.22. The predicted molar refractivity (Wildman–Crippen MR) is 56.9 cm³/mol. The third kappa shape index (κ3) is 1.84. The Hall–Kier alpha value is -2.37. The smallest absolute Gasteiger partial charge is 0.360 e. The van der Waals surface area contributed by atoms with Crippen molar-refractivity contribution in [2.45, 2.75) is 6.92 Å². The summed E-state index contributed by atoms with van der Waals surface area (Å²) >= 11 is 0. The van der Waals surface area contributed by atoms with E-state index >= 15 is 0 Å². The van der Waals surface area contributed by atoms with Gasteiger partial charge < -0.3 is 10.2 Å². The molecule has 17 heavy (non-hydrogen) atoms. The SMILES string of the molecule is Cc1cccc(F)c1-n1cc(O)c(C(=O)O)n1. The number of carboxylic acid groups (broad SMARTS) is 1. The normalized spacial score (nSPS) is 10.5. The Morgan fingerprint density at radius 2 is 2.18 bits per heavy atom. The summed E-state index contributed by atoms with van der Waals surface area (Å²) in [5.74, 6) is -2.40. The van der Waals surface area contributed by atoms with Crippen LogP contribution in [-0.2, 0) is 0 Å². The van der Waals surface area contributed by atoms with Gasteiger partial charge in [-0.2, -0.15) is 5.10 Å². The van der Waals surface area contributed by atoms with Gasteiger partial charge in [0.05, 0.1) is 6.20 Å². The van der Waals surface area contributed by atoms with E-state index in [1.165, 1.54) is 12.1 Å². The molecule has 0 radical (unpaired) electrons. The second-order valence-corrected chi connectivity index (χ2v) is 3.52. The zero-order chi connectivity index (χ0) is 12.6. The molecule has 2 rings (SSSR count). The van der Waals surface area contributed by atoms with E-state index in [-0.39, 0.29) is 5.69 Å². The minimum Gasteiger partial charge on any atom is -0.504 e. The molecule has 0 aliphatic rings. The van der Waals surface area contributed by atoms with Crippen LogP contribution >= 0.6 is 0 Å². The van der Waals surface area contributed by atoms with Crippen LogP contribution in [0.2, 0.25) is 0 Å². The molecule has 88 valence electrons. The Kier molecular flexibility index (Phi) is 2.55. The molecule has 1 aromatic heterocycles. The molecule has 2 aromatic rings. The number of aryl methyl sites for hydroxylation is 1. The van der Waals surface area contributed by atoms with Crippen LogP contribution in [-0.4, -0.2) is 26.0 Å². The zero-order valence-corrected chi connectivity index (χ0v) is 8.88. The summed E-state index contributed by atoms with van der Waals surface area (Å²) in [6.07, 6.45) is 1.06. The third-order valence-electron chi connectivity index (χ3n) is 2.32. The molecule has 1 heterocycles. The van der Waals surface area contributed by atoms with Gasteiger partial charge in [0, 0.05) is 0 Å². The minimum absolute atomic E-state index is 0.121. The van der Waals surface area contributed by atoms with Crippen molar-refractivity contribution in [1.29, 1.82) is 0 Å². The molecule has 2 N–H and O–H groups in total. The molecule has 0 unspecified atom stereocenters. The molecular formula is C11H9FN2O3. The van der Waals surface area contributed by atoms with E-state index in [1.807, 2.05) is 0 Å². The monoisotopic (exact) mass is 236 g/mol. The van der Waals surface area contributed by atoms with Crippen LogP contribution in [0, 0.1) is 12.7 Å². The number of nitrogens with zero attached hydrogens (tertiary/aromatic N) is 2. The number of carboxylic acids is 1. The minimum atomic E-state index is -1.37. The maximum Gasteiger partial charge on any atom is 0.360 e. The first kappa shape index (κ1) is 11.1. The van der Waals surface area contributed by atoms with Gasteiger partial charge in [0.15, 0.2) is 5.75 Å². The van der Waals surface area contributed by atoms with Crippen molar-refractivity contribution in [3.8, 4) is 11.4 Å². The van der Waals surface area contributed by atoms with Gasteiger partial charge in [0.2, 0.25) is 5.69 Å². The number of hydrogen-bond donors (Lipinski definition) is 2. The molecule has 0 bridgehead atoms. The number of rotatable bonds is 2. The Balaban J connectivity index is 2.62. The molecule has 6 heteroatoms. The Morgan fingerprint density at radius 1 is 1.47 bits per heavy atom.